The van der Waals surface area contributed by atoms with Crippen molar-refractivity contribution in [2.24, 2.45) is 5.10 Å². The van der Waals surface area contributed by atoms with Crippen molar-refractivity contribution < 1.29 is 24.3 Å². The number of hydrogen-bond acceptors (Lipinski definition) is 7. The first-order chi connectivity index (χ1) is 12.0. The third-order valence-electron chi connectivity index (χ3n) is 3.23. The molecule has 2 aromatic rings. The molecule has 130 valence electrons. The van der Waals surface area contributed by atoms with Gasteiger partial charge in [-0.25, -0.2) is 5.43 Å². The number of phenolic OH excluding ortho intramolecular Hbond substituents is 1. The highest BCUT2D eigenvalue weighted by molar-refractivity contribution is 5.97. The standard InChI is InChI=1S/C16H15N3O6/c1-24-11-4-5-12(14(20)8-11)16(21)18-17-9-10-3-6-15(25-2)13(7-10)19(22)23/h3-9,20H,1-2H3,(H,18,21)/b17-9-. The number of methoxy groups -OCH3 is 2. The van der Waals surface area contributed by atoms with Crippen LogP contribution in [0.4, 0.5) is 5.69 Å². The van der Waals surface area contributed by atoms with Gasteiger partial charge in [-0.2, -0.15) is 5.10 Å². The number of rotatable bonds is 6. The van der Waals surface area contributed by atoms with Crippen LogP contribution in [0.3, 0.4) is 0 Å². The first kappa shape index (κ1) is 17.7. The minimum atomic E-state index is -0.639. The molecule has 0 heterocycles. The van der Waals surface area contributed by atoms with E-state index in [-0.39, 0.29) is 22.7 Å². The van der Waals surface area contributed by atoms with E-state index in [2.05, 4.69) is 10.5 Å². The topological polar surface area (TPSA) is 123 Å². The van der Waals surface area contributed by atoms with E-state index in [1.54, 1.807) is 6.07 Å². The zero-order valence-electron chi connectivity index (χ0n) is 13.4. The molecular formula is C16H15N3O6. The summed E-state index contributed by atoms with van der Waals surface area (Å²) in [4.78, 5) is 22.4. The lowest BCUT2D eigenvalue weighted by atomic mass is 10.2. The maximum atomic E-state index is 12.0. The molecular weight excluding hydrogens is 330 g/mol. The van der Waals surface area contributed by atoms with Crippen LogP contribution in [0.15, 0.2) is 41.5 Å². The van der Waals surface area contributed by atoms with Crippen LogP contribution in [0.25, 0.3) is 0 Å². The zero-order chi connectivity index (χ0) is 18.4. The molecule has 2 aromatic carbocycles. The Hall–Kier alpha value is -3.62. The van der Waals surface area contributed by atoms with E-state index in [4.69, 9.17) is 9.47 Å². The van der Waals surface area contributed by atoms with Crippen LogP contribution < -0.4 is 14.9 Å². The van der Waals surface area contributed by atoms with Crippen molar-refractivity contribution in [3.8, 4) is 17.2 Å². The van der Waals surface area contributed by atoms with Crippen LogP contribution in [0.2, 0.25) is 0 Å². The van der Waals surface area contributed by atoms with E-state index >= 15 is 0 Å². The van der Waals surface area contributed by atoms with Crippen molar-refractivity contribution in [1.82, 2.24) is 5.43 Å². The van der Waals surface area contributed by atoms with Crippen LogP contribution in [0.5, 0.6) is 17.2 Å². The molecule has 0 saturated carbocycles. The van der Waals surface area contributed by atoms with Crippen molar-refractivity contribution in [1.29, 1.82) is 0 Å². The Bertz CT molecular complexity index is 835. The molecule has 0 fully saturated rings. The molecule has 0 unspecified atom stereocenters. The van der Waals surface area contributed by atoms with E-state index in [0.717, 1.165) is 0 Å². The number of nitro benzene ring substituents is 1. The number of nitrogens with one attached hydrogen (secondary N) is 1. The van der Waals surface area contributed by atoms with E-state index in [0.29, 0.717) is 11.3 Å². The number of ether oxygens (including phenoxy) is 2. The van der Waals surface area contributed by atoms with Gasteiger partial charge in [0.25, 0.3) is 5.91 Å². The van der Waals surface area contributed by atoms with Gasteiger partial charge >= 0.3 is 5.69 Å². The van der Waals surface area contributed by atoms with Gasteiger partial charge < -0.3 is 14.6 Å². The molecule has 0 aliphatic heterocycles. The van der Waals surface area contributed by atoms with Crippen LogP contribution in [0, 0.1) is 10.1 Å². The van der Waals surface area contributed by atoms with Gasteiger partial charge in [-0.1, -0.05) is 0 Å². The van der Waals surface area contributed by atoms with E-state index in [9.17, 15) is 20.0 Å². The summed E-state index contributed by atoms with van der Waals surface area (Å²) in [5.74, 6) is -0.371. The Morgan fingerprint density at radius 1 is 1.24 bits per heavy atom. The number of aromatic hydroxyl groups is 1. The Morgan fingerprint density at radius 2 is 2.00 bits per heavy atom. The quantitative estimate of drug-likeness (QED) is 0.469. The van der Waals surface area contributed by atoms with Crippen LogP contribution in [-0.4, -0.2) is 36.4 Å². The summed E-state index contributed by atoms with van der Waals surface area (Å²) in [6.45, 7) is 0. The summed E-state index contributed by atoms with van der Waals surface area (Å²) in [5, 5.41) is 24.5. The van der Waals surface area contributed by atoms with Gasteiger partial charge in [-0.15, -0.1) is 0 Å². The van der Waals surface area contributed by atoms with Crippen molar-refractivity contribution >= 4 is 17.8 Å². The van der Waals surface area contributed by atoms with Crippen LogP contribution in [-0.2, 0) is 0 Å². The Balaban J connectivity index is 2.11. The lowest BCUT2D eigenvalue weighted by Gasteiger charge is -2.05. The van der Waals surface area contributed by atoms with Gasteiger partial charge in [0.1, 0.15) is 11.5 Å². The Kier molecular flexibility index (Phi) is 5.51. The van der Waals surface area contributed by atoms with E-state index in [1.807, 2.05) is 0 Å². The first-order valence-electron chi connectivity index (χ1n) is 6.99. The third kappa shape index (κ3) is 4.22. The fourth-order valence-electron chi connectivity index (χ4n) is 1.99. The number of phenols is 1. The lowest BCUT2D eigenvalue weighted by molar-refractivity contribution is -0.385. The highest BCUT2D eigenvalue weighted by atomic mass is 16.6. The number of nitro groups is 1. The zero-order valence-corrected chi connectivity index (χ0v) is 13.4. The number of carbonyl (C=O) groups excluding carboxylic acids is 1. The average molecular weight is 345 g/mol. The molecule has 2 N–H and O–H groups in total. The van der Waals surface area contributed by atoms with Crippen molar-refractivity contribution in [2.45, 2.75) is 0 Å². The average Bonchev–Trinajstić information content (AvgIpc) is 2.61. The molecule has 0 aromatic heterocycles. The van der Waals surface area contributed by atoms with E-state index in [1.165, 1.54) is 50.8 Å². The van der Waals surface area contributed by atoms with Crippen molar-refractivity contribution in [3.05, 3.63) is 57.6 Å². The maximum Gasteiger partial charge on any atom is 0.311 e. The first-order valence-corrected chi connectivity index (χ1v) is 6.99. The number of hydrogen-bond donors (Lipinski definition) is 2. The molecule has 1 amide bonds. The van der Waals surface area contributed by atoms with Gasteiger partial charge in [0.05, 0.1) is 30.9 Å². The molecule has 0 radical (unpaired) electrons. The van der Waals surface area contributed by atoms with E-state index < -0.39 is 10.8 Å². The second-order valence-electron chi connectivity index (χ2n) is 4.77. The molecule has 9 heteroatoms. The molecule has 9 nitrogen and oxygen atoms in total. The van der Waals surface area contributed by atoms with Gasteiger partial charge in [0, 0.05) is 17.7 Å². The number of amides is 1. The summed E-state index contributed by atoms with van der Waals surface area (Å²) in [5.41, 5.74) is 2.42. The highest BCUT2D eigenvalue weighted by Crippen LogP contribution is 2.27. The van der Waals surface area contributed by atoms with Crippen LogP contribution >= 0.6 is 0 Å². The van der Waals surface area contributed by atoms with Crippen LogP contribution in [0.1, 0.15) is 15.9 Å². The molecule has 0 aliphatic rings. The SMILES string of the molecule is COc1ccc(C(=O)N/N=C\c2ccc(OC)c([N+](=O)[O-])c2)c(O)c1. The van der Waals surface area contributed by atoms with Crippen molar-refractivity contribution in [3.63, 3.8) is 0 Å². The minimum absolute atomic E-state index is 0.0126. The third-order valence-corrected chi connectivity index (χ3v) is 3.23. The summed E-state index contributed by atoms with van der Waals surface area (Å²) in [6, 6.07) is 8.44. The normalized spacial score (nSPS) is 10.5. The molecule has 0 spiro atoms. The summed E-state index contributed by atoms with van der Waals surface area (Å²) < 4.78 is 9.83. The summed E-state index contributed by atoms with van der Waals surface area (Å²) in [6.07, 6.45) is 1.24. The maximum absolute atomic E-state index is 12.0. The molecule has 0 aliphatic carbocycles. The summed E-state index contributed by atoms with van der Waals surface area (Å²) >= 11 is 0. The number of nitrogens with zero attached hydrogens (tertiary/aromatic N) is 2. The number of carbonyl (C=O) groups is 1. The molecule has 0 atom stereocenters. The predicted octanol–water partition coefficient (Wildman–Crippen LogP) is 2.08. The van der Waals surface area contributed by atoms with Gasteiger partial charge in [0.15, 0.2) is 5.75 Å². The fourth-order valence-corrected chi connectivity index (χ4v) is 1.99. The molecule has 0 saturated heterocycles. The van der Waals surface area contributed by atoms with Crippen molar-refractivity contribution in [2.75, 3.05) is 14.2 Å². The van der Waals surface area contributed by atoms with Gasteiger partial charge in [-0.3, -0.25) is 14.9 Å². The Morgan fingerprint density at radius 3 is 2.60 bits per heavy atom. The molecule has 0 bridgehead atoms. The largest absolute Gasteiger partial charge is 0.507 e. The van der Waals surface area contributed by atoms with Gasteiger partial charge in [0.2, 0.25) is 0 Å². The molecule has 25 heavy (non-hydrogen) atoms. The second-order valence-corrected chi connectivity index (χ2v) is 4.77. The molecule has 2 rings (SSSR count). The number of benzene rings is 2. The monoisotopic (exact) mass is 345 g/mol. The fraction of sp³-hybridized carbons (Fsp3) is 0.125. The number of hydrazone groups is 1. The minimum Gasteiger partial charge on any atom is -0.507 e. The highest BCUT2D eigenvalue weighted by Gasteiger charge is 2.15. The predicted molar refractivity (Wildman–Crippen MR) is 89.4 cm³/mol. The smallest absolute Gasteiger partial charge is 0.311 e. The van der Waals surface area contributed by atoms with Gasteiger partial charge in [-0.05, 0) is 24.3 Å². The Labute approximate surface area is 142 Å². The lowest BCUT2D eigenvalue weighted by Crippen LogP contribution is -2.17. The second kappa shape index (κ2) is 7.77. The summed E-state index contributed by atoms with van der Waals surface area (Å²) in [7, 11) is 2.77.